The van der Waals surface area contributed by atoms with Crippen LogP contribution < -0.4 is 10.6 Å². The molecule has 0 unspecified atom stereocenters. The zero-order chi connectivity index (χ0) is 20.3. The minimum absolute atomic E-state index is 0.0266. The molecule has 2 aromatic carbocycles. The van der Waals surface area contributed by atoms with Crippen LogP contribution in [-0.2, 0) is 0 Å². The molecular weight excluding hydrogens is 402 g/mol. The number of hydrogen-bond acceptors (Lipinski definition) is 3. The van der Waals surface area contributed by atoms with Gasteiger partial charge in [-0.1, -0.05) is 49.0 Å². The van der Waals surface area contributed by atoms with Gasteiger partial charge in [-0.3, -0.25) is 4.79 Å². The van der Waals surface area contributed by atoms with Crippen LogP contribution in [0.3, 0.4) is 0 Å². The van der Waals surface area contributed by atoms with Crippen LogP contribution in [0.1, 0.15) is 43.5 Å². The Balaban J connectivity index is 1.84. The Morgan fingerprint density at radius 2 is 2.00 bits per heavy atom. The SMILES string of the molecule is CCCC[C@@H](C)NC(=O)c1cc2nc(Nc3c(Cl)cccc3Cl)[nH]c2cc1F. The Morgan fingerprint density at radius 3 is 2.68 bits per heavy atom. The molecule has 0 aliphatic carbocycles. The van der Waals surface area contributed by atoms with Crippen LogP contribution >= 0.6 is 23.2 Å². The van der Waals surface area contributed by atoms with E-state index < -0.39 is 11.7 Å². The third-order valence-corrected chi connectivity index (χ3v) is 5.02. The number of halogens is 3. The van der Waals surface area contributed by atoms with Crippen molar-refractivity contribution in [3.8, 4) is 0 Å². The van der Waals surface area contributed by atoms with E-state index in [1.807, 2.05) is 6.92 Å². The van der Waals surface area contributed by atoms with E-state index in [4.69, 9.17) is 23.2 Å². The lowest BCUT2D eigenvalue weighted by atomic mass is 10.1. The van der Waals surface area contributed by atoms with Crippen molar-refractivity contribution in [2.45, 2.75) is 39.2 Å². The average Bonchev–Trinajstić information content (AvgIpc) is 3.03. The van der Waals surface area contributed by atoms with Gasteiger partial charge in [0, 0.05) is 12.1 Å². The number of carbonyl (C=O) groups excluding carboxylic acids is 1. The second kappa shape index (κ2) is 8.80. The fourth-order valence-corrected chi connectivity index (χ4v) is 3.38. The maximum atomic E-state index is 14.5. The molecule has 0 aliphatic heterocycles. The lowest BCUT2D eigenvalue weighted by molar-refractivity contribution is 0.0934. The number of fused-ring (bicyclic) bond motifs is 1. The van der Waals surface area contributed by atoms with Crippen LogP contribution in [0, 0.1) is 5.82 Å². The molecule has 0 spiro atoms. The summed E-state index contributed by atoms with van der Waals surface area (Å²) in [4.78, 5) is 19.8. The number of amides is 1. The van der Waals surface area contributed by atoms with Gasteiger partial charge in [-0.15, -0.1) is 0 Å². The Kier molecular flexibility index (Phi) is 6.42. The lowest BCUT2D eigenvalue weighted by Gasteiger charge is -2.13. The van der Waals surface area contributed by atoms with E-state index in [0.29, 0.717) is 32.7 Å². The van der Waals surface area contributed by atoms with Gasteiger partial charge in [0.05, 0.1) is 32.3 Å². The zero-order valence-electron chi connectivity index (χ0n) is 15.6. The normalized spacial score (nSPS) is 12.2. The number of nitrogens with zero attached hydrogens (tertiary/aromatic N) is 1. The van der Waals surface area contributed by atoms with E-state index >= 15 is 0 Å². The number of unbranched alkanes of at least 4 members (excludes halogenated alkanes) is 1. The van der Waals surface area contributed by atoms with E-state index in [1.54, 1.807) is 18.2 Å². The van der Waals surface area contributed by atoms with Gasteiger partial charge in [-0.25, -0.2) is 9.37 Å². The van der Waals surface area contributed by atoms with E-state index in [2.05, 4.69) is 27.5 Å². The van der Waals surface area contributed by atoms with Crippen molar-refractivity contribution in [2.75, 3.05) is 5.32 Å². The van der Waals surface area contributed by atoms with E-state index in [-0.39, 0.29) is 11.6 Å². The van der Waals surface area contributed by atoms with Crippen LogP contribution in [0.2, 0.25) is 10.0 Å². The number of carbonyl (C=O) groups is 1. The lowest BCUT2D eigenvalue weighted by Crippen LogP contribution is -2.33. The molecule has 1 atom stereocenters. The maximum Gasteiger partial charge on any atom is 0.254 e. The number of hydrogen-bond donors (Lipinski definition) is 3. The highest BCUT2D eigenvalue weighted by Crippen LogP contribution is 2.32. The number of benzene rings is 2. The minimum Gasteiger partial charge on any atom is -0.349 e. The molecule has 1 amide bonds. The molecule has 3 rings (SSSR count). The first-order chi connectivity index (χ1) is 13.4. The molecule has 28 heavy (non-hydrogen) atoms. The molecule has 0 fully saturated rings. The zero-order valence-corrected chi connectivity index (χ0v) is 17.1. The highest BCUT2D eigenvalue weighted by atomic mass is 35.5. The van der Waals surface area contributed by atoms with Gasteiger partial charge < -0.3 is 15.6 Å². The third-order valence-electron chi connectivity index (χ3n) is 4.39. The molecule has 8 heteroatoms. The Labute approximate surface area is 172 Å². The Bertz CT molecular complexity index is 985. The van der Waals surface area contributed by atoms with Gasteiger partial charge in [0.25, 0.3) is 5.91 Å². The van der Waals surface area contributed by atoms with Crippen molar-refractivity contribution < 1.29 is 9.18 Å². The average molecular weight is 423 g/mol. The number of aromatic nitrogens is 2. The first-order valence-electron chi connectivity index (χ1n) is 9.10. The Hall–Kier alpha value is -2.31. The molecule has 3 aromatic rings. The van der Waals surface area contributed by atoms with Crippen LogP contribution in [0.5, 0.6) is 0 Å². The molecular formula is C20H21Cl2FN4O. The first kappa shape index (κ1) is 20.4. The smallest absolute Gasteiger partial charge is 0.254 e. The predicted octanol–water partition coefficient (Wildman–Crippen LogP) is 6.06. The number of aromatic amines is 1. The fraction of sp³-hybridized carbons (Fsp3) is 0.300. The van der Waals surface area contributed by atoms with Gasteiger partial charge in [-0.2, -0.15) is 0 Å². The highest BCUT2D eigenvalue weighted by molar-refractivity contribution is 6.39. The van der Waals surface area contributed by atoms with E-state index in [1.165, 1.54) is 12.1 Å². The minimum atomic E-state index is -0.612. The molecule has 1 heterocycles. The highest BCUT2D eigenvalue weighted by Gasteiger charge is 2.17. The third kappa shape index (κ3) is 4.56. The van der Waals surface area contributed by atoms with Crippen molar-refractivity contribution >= 4 is 51.8 Å². The Morgan fingerprint density at radius 1 is 1.29 bits per heavy atom. The molecule has 148 valence electrons. The van der Waals surface area contributed by atoms with Gasteiger partial charge in [0.1, 0.15) is 5.82 Å². The number of anilines is 2. The molecule has 5 nitrogen and oxygen atoms in total. The fourth-order valence-electron chi connectivity index (χ4n) is 2.88. The summed E-state index contributed by atoms with van der Waals surface area (Å²) in [7, 11) is 0. The second-order valence-corrected chi connectivity index (χ2v) is 7.49. The summed E-state index contributed by atoms with van der Waals surface area (Å²) < 4.78 is 14.5. The van der Waals surface area contributed by atoms with Crippen molar-refractivity contribution in [2.24, 2.45) is 0 Å². The molecule has 0 saturated carbocycles. The summed E-state index contributed by atoms with van der Waals surface area (Å²) in [6.07, 6.45) is 2.89. The van der Waals surface area contributed by atoms with Crippen LogP contribution in [0.15, 0.2) is 30.3 Å². The van der Waals surface area contributed by atoms with Crippen molar-refractivity contribution in [1.82, 2.24) is 15.3 Å². The monoisotopic (exact) mass is 422 g/mol. The van der Waals surface area contributed by atoms with Crippen molar-refractivity contribution in [3.63, 3.8) is 0 Å². The summed E-state index contributed by atoms with van der Waals surface area (Å²) in [5.41, 5.74) is 1.37. The van der Waals surface area contributed by atoms with Crippen LogP contribution in [0.4, 0.5) is 16.0 Å². The summed E-state index contributed by atoms with van der Waals surface area (Å²) in [5.74, 6) is -0.716. The number of nitrogens with one attached hydrogen (secondary N) is 3. The summed E-state index contributed by atoms with van der Waals surface area (Å²) in [6, 6.07) is 7.79. The van der Waals surface area contributed by atoms with Gasteiger partial charge >= 0.3 is 0 Å². The molecule has 0 radical (unpaired) electrons. The topological polar surface area (TPSA) is 69.8 Å². The first-order valence-corrected chi connectivity index (χ1v) is 9.85. The predicted molar refractivity (Wildman–Crippen MR) is 112 cm³/mol. The van der Waals surface area contributed by atoms with E-state index in [0.717, 1.165) is 19.3 Å². The van der Waals surface area contributed by atoms with Crippen LogP contribution in [0.25, 0.3) is 11.0 Å². The largest absolute Gasteiger partial charge is 0.349 e. The maximum absolute atomic E-state index is 14.5. The van der Waals surface area contributed by atoms with Gasteiger partial charge in [-0.05, 0) is 31.5 Å². The van der Waals surface area contributed by atoms with E-state index in [9.17, 15) is 9.18 Å². The summed E-state index contributed by atoms with van der Waals surface area (Å²) in [6.45, 7) is 4.00. The van der Waals surface area contributed by atoms with Crippen LogP contribution in [-0.4, -0.2) is 21.9 Å². The number of rotatable bonds is 7. The number of H-pyrrole nitrogens is 1. The number of para-hydroxylation sites is 1. The standard InChI is InChI=1S/C20H21Cl2FN4O/c1-3-4-6-11(2)24-19(28)12-9-16-17(10-15(12)23)26-20(25-16)27-18-13(21)7-5-8-14(18)22/h5,7-11H,3-4,6H2,1-2H3,(H,24,28)(H2,25,26,27)/t11-/m1/s1. The second-order valence-electron chi connectivity index (χ2n) is 6.67. The summed E-state index contributed by atoms with van der Waals surface area (Å²) in [5, 5.41) is 6.69. The number of imidazole rings is 1. The molecule has 0 bridgehead atoms. The summed E-state index contributed by atoms with van der Waals surface area (Å²) >= 11 is 12.3. The molecule has 1 aromatic heterocycles. The quantitative estimate of drug-likeness (QED) is 0.433. The molecule has 0 saturated heterocycles. The van der Waals surface area contributed by atoms with Gasteiger partial charge in [0.15, 0.2) is 0 Å². The van der Waals surface area contributed by atoms with Gasteiger partial charge in [0.2, 0.25) is 5.95 Å². The van der Waals surface area contributed by atoms with Crippen molar-refractivity contribution in [3.05, 3.63) is 51.8 Å². The molecule has 0 aliphatic rings. The molecule has 3 N–H and O–H groups in total. The van der Waals surface area contributed by atoms with Crippen molar-refractivity contribution in [1.29, 1.82) is 0 Å².